The van der Waals surface area contributed by atoms with E-state index in [1.807, 2.05) is 0 Å². The van der Waals surface area contributed by atoms with Crippen molar-refractivity contribution in [2.24, 2.45) is 17.8 Å². The van der Waals surface area contributed by atoms with E-state index in [2.05, 4.69) is 67.6 Å². The number of fused-ring (bicyclic) bond motifs is 2. The molecule has 3 atom stereocenters. The highest BCUT2D eigenvalue weighted by atomic mass is 127. The van der Waals surface area contributed by atoms with Gasteiger partial charge in [-0.3, -0.25) is 4.55 Å². The van der Waals surface area contributed by atoms with Gasteiger partial charge in [-0.05, 0) is 76.8 Å². The van der Waals surface area contributed by atoms with Gasteiger partial charge in [0.05, 0.1) is 0 Å². The lowest BCUT2D eigenvalue weighted by Crippen LogP contribution is -2.52. The van der Waals surface area contributed by atoms with Crippen molar-refractivity contribution in [3.63, 3.8) is 0 Å². The molecule has 0 radical (unpaired) electrons. The number of rotatable bonds is 3. The first-order chi connectivity index (χ1) is 12.6. The van der Waals surface area contributed by atoms with Crippen LogP contribution in [0.4, 0.5) is 17.6 Å². The molecule has 1 aromatic rings. The van der Waals surface area contributed by atoms with Crippen molar-refractivity contribution in [1.29, 1.82) is 0 Å². The number of halogens is 5. The summed E-state index contributed by atoms with van der Waals surface area (Å²) in [6.07, 6.45) is 1.51. The number of hydrogen-bond donors (Lipinski definition) is 1. The summed E-state index contributed by atoms with van der Waals surface area (Å²) in [5.41, 5.74) is 1.68. The number of alkyl halides is 4. The molecular formula is C19H25F4IO3S. The average molecular weight is 536 g/mol. The van der Waals surface area contributed by atoms with Gasteiger partial charge in [0.1, 0.15) is 0 Å². The maximum atomic E-state index is 13.6. The fourth-order valence-corrected chi connectivity index (χ4v) is 4.88. The summed E-state index contributed by atoms with van der Waals surface area (Å²) in [6.45, 7) is 6.69. The molecule has 2 aliphatic carbocycles. The summed E-state index contributed by atoms with van der Waals surface area (Å²) in [5.74, 6) is -6.95. The largest absolute Gasteiger partial charge is 0.431 e. The van der Waals surface area contributed by atoms with Gasteiger partial charge in [-0.25, -0.2) is 0 Å². The predicted molar refractivity (Wildman–Crippen MR) is 108 cm³/mol. The fraction of sp³-hybridized carbons (Fsp3) is 0.684. The minimum absolute atomic E-state index is 0.0203. The third-order valence-corrected chi connectivity index (χ3v) is 7.27. The molecule has 0 amide bonds. The van der Waals surface area contributed by atoms with Gasteiger partial charge in [-0.2, -0.15) is 26.0 Å². The van der Waals surface area contributed by atoms with Gasteiger partial charge in [0.15, 0.2) is 0 Å². The van der Waals surface area contributed by atoms with Crippen LogP contribution < -0.4 is 0 Å². The number of hydrogen-bond acceptors (Lipinski definition) is 2. The molecule has 0 spiro atoms. The Labute approximate surface area is 177 Å². The van der Waals surface area contributed by atoms with Gasteiger partial charge < -0.3 is 0 Å². The summed E-state index contributed by atoms with van der Waals surface area (Å²) in [7, 11) is -6.10. The lowest BCUT2D eigenvalue weighted by molar-refractivity contribution is -0.202. The molecule has 3 rings (SSSR count). The highest BCUT2D eigenvalue weighted by Gasteiger charge is 2.71. The minimum Gasteiger partial charge on any atom is -0.281 e. The molecule has 0 aliphatic heterocycles. The summed E-state index contributed by atoms with van der Waals surface area (Å²) in [4.78, 5) is 0. The number of benzene rings is 1. The predicted octanol–water partition coefficient (Wildman–Crippen LogP) is 6.13. The Bertz CT molecular complexity index is 788. The topological polar surface area (TPSA) is 54.4 Å². The Morgan fingerprint density at radius 1 is 1.00 bits per heavy atom. The van der Waals surface area contributed by atoms with Crippen LogP contribution >= 0.6 is 22.6 Å². The van der Waals surface area contributed by atoms with E-state index in [1.54, 1.807) is 0 Å². The zero-order valence-corrected chi connectivity index (χ0v) is 18.9. The molecule has 0 heterocycles. The molecule has 2 aliphatic rings. The van der Waals surface area contributed by atoms with E-state index in [1.165, 1.54) is 9.13 Å². The molecule has 3 unspecified atom stereocenters. The maximum absolute atomic E-state index is 13.6. The van der Waals surface area contributed by atoms with Crippen molar-refractivity contribution in [1.82, 2.24) is 0 Å². The van der Waals surface area contributed by atoms with Crippen LogP contribution in [0.25, 0.3) is 0 Å². The van der Waals surface area contributed by atoms with Crippen molar-refractivity contribution in [2.75, 3.05) is 0 Å². The van der Waals surface area contributed by atoms with Gasteiger partial charge in [-0.1, -0.05) is 39.3 Å². The molecular weight excluding hydrogens is 511 g/mol. The molecule has 1 N–H and O–H groups in total. The van der Waals surface area contributed by atoms with Gasteiger partial charge in [-0.15, -0.1) is 0 Å². The van der Waals surface area contributed by atoms with E-state index in [9.17, 15) is 26.0 Å². The third-order valence-electron chi connectivity index (χ3n) is 5.63. The van der Waals surface area contributed by atoms with Gasteiger partial charge >= 0.3 is 21.3 Å². The normalized spacial score (nSPS) is 25.4. The summed E-state index contributed by atoms with van der Waals surface area (Å²) in [5, 5.41) is -5.41. The summed E-state index contributed by atoms with van der Waals surface area (Å²) in [6, 6.07) is 8.70. The van der Waals surface area contributed by atoms with Crippen LogP contribution in [-0.2, 0) is 15.5 Å². The van der Waals surface area contributed by atoms with E-state index in [4.69, 9.17) is 4.55 Å². The molecule has 2 fully saturated rings. The Hall–Kier alpha value is -0.420. The van der Waals surface area contributed by atoms with Crippen molar-refractivity contribution in [3.05, 3.63) is 33.4 Å². The monoisotopic (exact) mass is 536 g/mol. The van der Waals surface area contributed by atoms with Gasteiger partial charge in [0, 0.05) is 9.49 Å². The minimum atomic E-state index is -6.10. The van der Waals surface area contributed by atoms with Crippen LogP contribution in [0.15, 0.2) is 24.3 Å². The lowest BCUT2D eigenvalue weighted by atomic mass is 9.84. The van der Waals surface area contributed by atoms with Gasteiger partial charge in [0.25, 0.3) is 0 Å². The van der Waals surface area contributed by atoms with E-state index < -0.39 is 33.1 Å². The molecule has 3 nitrogen and oxygen atoms in total. The van der Waals surface area contributed by atoms with E-state index >= 15 is 0 Å². The van der Waals surface area contributed by atoms with Crippen molar-refractivity contribution >= 4 is 32.7 Å². The molecule has 2 saturated carbocycles. The van der Waals surface area contributed by atoms with Crippen molar-refractivity contribution in [2.45, 2.75) is 63.0 Å². The van der Waals surface area contributed by atoms with Crippen molar-refractivity contribution < 1.29 is 30.5 Å². The first-order valence-electron chi connectivity index (χ1n) is 9.06. The second-order valence-corrected chi connectivity index (χ2v) is 11.4. The molecule has 9 heteroatoms. The van der Waals surface area contributed by atoms with Crippen molar-refractivity contribution in [3.8, 4) is 0 Å². The molecule has 2 bridgehead atoms. The zero-order valence-electron chi connectivity index (χ0n) is 15.9. The van der Waals surface area contributed by atoms with Gasteiger partial charge in [0.2, 0.25) is 0 Å². The molecule has 0 aromatic heterocycles. The summed E-state index contributed by atoms with van der Waals surface area (Å²) < 4.78 is 83.7. The molecule has 28 heavy (non-hydrogen) atoms. The first kappa shape index (κ1) is 23.9. The fourth-order valence-electron chi connectivity index (χ4n) is 4.03. The second-order valence-electron chi connectivity index (χ2n) is 8.65. The van der Waals surface area contributed by atoms with Crippen LogP contribution in [0.2, 0.25) is 0 Å². The Morgan fingerprint density at radius 2 is 1.54 bits per heavy atom. The highest BCUT2D eigenvalue weighted by Crippen LogP contribution is 2.58. The SMILES string of the molecule is CC(C)(C)c1ccc(I)cc1.O=S(=O)(O)C(F)(F)C(F)(F)C1CC2CCC1C2. The quantitative estimate of drug-likeness (QED) is 0.288. The maximum Gasteiger partial charge on any atom is 0.431 e. The Balaban J connectivity index is 0.000000221. The third kappa shape index (κ3) is 4.83. The Morgan fingerprint density at radius 3 is 1.89 bits per heavy atom. The average Bonchev–Trinajstić information content (AvgIpc) is 3.17. The second kappa shape index (κ2) is 8.02. The lowest BCUT2D eigenvalue weighted by Gasteiger charge is -2.33. The Kier molecular flexibility index (Phi) is 6.83. The summed E-state index contributed by atoms with van der Waals surface area (Å²) >= 11 is 2.32. The van der Waals surface area contributed by atoms with Crippen LogP contribution in [-0.4, -0.2) is 24.1 Å². The standard InChI is InChI=1S/C10H13I.C9H12F4O3S/c1-10(2,3)8-4-6-9(11)7-5-8;10-8(11,9(12,13)17(14,15)16)7-4-5-1-2-6(7)3-5/h4-7H,1-3H3;5-7H,1-4H2,(H,14,15,16). The van der Waals surface area contributed by atoms with E-state index in [0.717, 1.165) is 6.42 Å². The van der Waals surface area contributed by atoms with E-state index in [-0.39, 0.29) is 17.8 Å². The van der Waals surface area contributed by atoms with Crippen LogP contribution in [0, 0.1) is 21.3 Å². The molecule has 160 valence electrons. The first-order valence-corrected chi connectivity index (χ1v) is 11.6. The smallest absolute Gasteiger partial charge is 0.281 e. The zero-order chi connectivity index (χ0) is 21.5. The van der Waals surface area contributed by atoms with Crippen LogP contribution in [0.1, 0.15) is 52.0 Å². The molecule has 0 saturated heterocycles. The van der Waals surface area contributed by atoms with E-state index in [0.29, 0.717) is 12.8 Å². The highest BCUT2D eigenvalue weighted by molar-refractivity contribution is 14.1. The van der Waals surface area contributed by atoms with Crippen LogP contribution in [0.3, 0.4) is 0 Å². The van der Waals surface area contributed by atoms with Crippen LogP contribution in [0.5, 0.6) is 0 Å². The molecule has 1 aromatic carbocycles.